The summed E-state index contributed by atoms with van der Waals surface area (Å²) in [6.07, 6.45) is 0. The highest BCUT2D eigenvalue weighted by molar-refractivity contribution is 9.10. The van der Waals surface area contributed by atoms with Gasteiger partial charge in [-0.05, 0) is 52.3 Å². The van der Waals surface area contributed by atoms with Crippen molar-refractivity contribution in [3.63, 3.8) is 0 Å². The number of carbonyl (C=O) groups excluding carboxylic acids is 1. The number of carbonyl (C=O) groups is 1. The molecule has 0 aliphatic carbocycles. The van der Waals surface area contributed by atoms with Gasteiger partial charge in [0, 0.05) is 18.1 Å². The van der Waals surface area contributed by atoms with Crippen LogP contribution in [0.2, 0.25) is 10.0 Å². The first kappa shape index (κ1) is 20.6. The molecule has 0 amide bonds. The molecule has 10 heteroatoms. The summed E-state index contributed by atoms with van der Waals surface area (Å²) in [5.41, 5.74) is -0.0483. The second-order valence-corrected chi connectivity index (χ2v) is 9.26. The number of sulfonamides is 1. The summed E-state index contributed by atoms with van der Waals surface area (Å²) in [6, 6.07) is 8.61. The average molecular weight is 495 g/mol. The number of benzene rings is 2. The van der Waals surface area contributed by atoms with Crippen molar-refractivity contribution < 1.29 is 22.7 Å². The Bertz CT molecular complexity index is 977. The smallest absolute Gasteiger partial charge is 0.345 e. The molecule has 0 N–H and O–H groups in total. The zero-order valence-electron chi connectivity index (χ0n) is 13.8. The molecule has 0 unspecified atom stereocenters. The Morgan fingerprint density at radius 2 is 1.81 bits per heavy atom. The fraction of sp³-hybridized carbons (Fsp3) is 0.235. The van der Waals surface area contributed by atoms with Crippen LogP contribution in [0, 0.1) is 0 Å². The van der Waals surface area contributed by atoms with Gasteiger partial charge < -0.3 is 9.47 Å². The third-order valence-corrected chi connectivity index (χ3v) is 6.94. The van der Waals surface area contributed by atoms with E-state index >= 15 is 0 Å². The van der Waals surface area contributed by atoms with Gasteiger partial charge in [0.15, 0.2) is 0 Å². The van der Waals surface area contributed by atoms with Crippen molar-refractivity contribution in [2.75, 3.05) is 26.3 Å². The average Bonchev–Trinajstić information content (AvgIpc) is 2.65. The first-order valence-corrected chi connectivity index (χ1v) is 10.8. The molecular weight excluding hydrogens is 481 g/mol. The summed E-state index contributed by atoms with van der Waals surface area (Å²) in [5.74, 6) is -0.538. The maximum absolute atomic E-state index is 12.8. The minimum atomic E-state index is -3.76. The van der Waals surface area contributed by atoms with E-state index in [4.69, 9.17) is 32.7 Å². The van der Waals surface area contributed by atoms with Crippen LogP contribution in [0.25, 0.3) is 0 Å². The molecule has 0 spiro atoms. The zero-order chi connectivity index (χ0) is 19.6. The van der Waals surface area contributed by atoms with Crippen LogP contribution >= 0.6 is 39.1 Å². The van der Waals surface area contributed by atoms with Gasteiger partial charge in [0.05, 0.1) is 33.2 Å². The van der Waals surface area contributed by atoms with Crippen molar-refractivity contribution >= 4 is 55.1 Å². The topological polar surface area (TPSA) is 72.9 Å². The first-order valence-electron chi connectivity index (χ1n) is 7.84. The Morgan fingerprint density at radius 3 is 2.48 bits per heavy atom. The monoisotopic (exact) mass is 493 g/mol. The molecule has 1 fully saturated rings. The minimum absolute atomic E-state index is 0.0316. The highest BCUT2D eigenvalue weighted by atomic mass is 79.9. The third kappa shape index (κ3) is 4.64. The van der Waals surface area contributed by atoms with E-state index in [0.29, 0.717) is 22.7 Å². The van der Waals surface area contributed by atoms with Crippen molar-refractivity contribution in [3.8, 4) is 5.75 Å². The van der Waals surface area contributed by atoms with Gasteiger partial charge in [0.1, 0.15) is 5.75 Å². The molecular formula is C17H14BrCl2NO5S. The number of halogens is 3. The molecule has 1 heterocycles. The Labute approximate surface area is 175 Å². The lowest BCUT2D eigenvalue weighted by atomic mass is 10.2. The van der Waals surface area contributed by atoms with Crippen LogP contribution in [-0.2, 0) is 14.8 Å². The molecule has 0 saturated carbocycles. The van der Waals surface area contributed by atoms with E-state index in [0.717, 1.165) is 0 Å². The van der Waals surface area contributed by atoms with Gasteiger partial charge in [-0.3, -0.25) is 0 Å². The second kappa shape index (κ2) is 8.46. The van der Waals surface area contributed by atoms with Gasteiger partial charge >= 0.3 is 5.97 Å². The normalized spacial score (nSPS) is 15.5. The van der Waals surface area contributed by atoms with E-state index in [-0.39, 0.29) is 34.3 Å². The lowest BCUT2D eigenvalue weighted by Crippen LogP contribution is -2.40. The molecule has 1 aliphatic heterocycles. The molecule has 0 aromatic heterocycles. The van der Waals surface area contributed by atoms with Gasteiger partial charge in [-0.2, -0.15) is 4.31 Å². The maximum Gasteiger partial charge on any atom is 0.345 e. The van der Waals surface area contributed by atoms with Crippen molar-refractivity contribution in [1.82, 2.24) is 4.31 Å². The van der Waals surface area contributed by atoms with Gasteiger partial charge in [-0.25, -0.2) is 13.2 Å². The van der Waals surface area contributed by atoms with Crippen LogP contribution in [0.5, 0.6) is 5.75 Å². The van der Waals surface area contributed by atoms with Gasteiger partial charge in [-0.15, -0.1) is 0 Å². The number of rotatable bonds is 4. The van der Waals surface area contributed by atoms with Crippen LogP contribution in [0.3, 0.4) is 0 Å². The molecule has 3 rings (SSSR count). The van der Waals surface area contributed by atoms with Crippen LogP contribution in [0.15, 0.2) is 45.8 Å². The van der Waals surface area contributed by atoms with Crippen molar-refractivity contribution in [2.24, 2.45) is 0 Å². The Kier molecular flexibility index (Phi) is 6.45. The summed E-state index contributed by atoms with van der Waals surface area (Å²) < 4.78 is 37.9. The van der Waals surface area contributed by atoms with Crippen LogP contribution < -0.4 is 4.74 Å². The highest BCUT2D eigenvalue weighted by Gasteiger charge is 2.28. The van der Waals surface area contributed by atoms with E-state index in [1.807, 2.05) is 0 Å². The molecule has 27 heavy (non-hydrogen) atoms. The Balaban J connectivity index is 1.89. The lowest BCUT2D eigenvalue weighted by molar-refractivity contribution is 0.0727. The second-order valence-electron chi connectivity index (χ2n) is 5.62. The number of esters is 1. The predicted octanol–water partition coefficient (Wildman–Crippen LogP) is 4.00. The van der Waals surface area contributed by atoms with Gasteiger partial charge in [0.25, 0.3) is 0 Å². The number of hydrogen-bond acceptors (Lipinski definition) is 5. The highest BCUT2D eigenvalue weighted by Crippen LogP contribution is 2.30. The molecule has 0 radical (unpaired) electrons. The van der Waals surface area contributed by atoms with Crippen molar-refractivity contribution in [1.29, 1.82) is 0 Å². The number of morpholine rings is 1. The quantitative estimate of drug-likeness (QED) is 0.474. The standard InChI is InChI=1S/C17H14BrCl2NO5S/c18-14-9-11(19)1-4-16(14)26-17(22)13-10-12(2-3-15(13)20)27(23,24)21-5-7-25-8-6-21/h1-4,9-10H,5-8H2. The first-order chi connectivity index (χ1) is 12.8. The summed E-state index contributed by atoms with van der Waals surface area (Å²) in [7, 11) is -3.76. The van der Waals surface area contributed by atoms with Crippen molar-refractivity contribution in [3.05, 3.63) is 56.5 Å². The number of ether oxygens (including phenoxy) is 2. The fourth-order valence-electron chi connectivity index (χ4n) is 2.47. The summed E-state index contributed by atoms with van der Waals surface area (Å²) in [5, 5.41) is 0.560. The molecule has 0 atom stereocenters. The maximum atomic E-state index is 12.8. The van der Waals surface area contributed by atoms with E-state index < -0.39 is 16.0 Å². The van der Waals surface area contributed by atoms with E-state index in [9.17, 15) is 13.2 Å². The Morgan fingerprint density at radius 1 is 1.11 bits per heavy atom. The SMILES string of the molecule is O=C(Oc1ccc(Cl)cc1Br)c1cc(S(=O)(=O)N2CCOCC2)ccc1Cl. The summed E-state index contributed by atoms with van der Waals surface area (Å²) in [6.45, 7) is 1.16. The van der Waals surface area contributed by atoms with Crippen molar-refractivity contribution in [2.45, 2.75) is 4.90 Å². The molecule has 0 bridgehead atoms. The fourth-order valence-corrected chi connectivity index (χ4v) is 4.86. The number of hydrogen-bond donors (Lipinski definition) is 0. The lowest BCUT2D eigenvalue weighted by Gasteiger charge is -2.26. The predicted molar refractivity (Wildman–Crippen MR) is 105 cm³/mol. The van der Waals surface area contributed by atoms with Crippen LogP contribution in [0.1, 0.15) is 10.4 Å². The molecule has 2 aromatic carbocycles. The summed E-state index contributed by atoms with van der Waals surface area (Å²) in [4.78, 5) is 12.5. The molecule has 2 aromatic rings. The molecule has 1 aliphatic rings. The van der Waals surface area contributed by atoms with Gasteiger partial charge in [-0.1, -0.05) is 23.2 Å². The van der Waals surface area contributed by atoms with Crippen LogP contribution in [0.4, 0.5) is 0 Å². The molecule has 144 valence electrons. The van der Waals surface area contributed by atoms with E-state index in [2.05, 4.69) is 15.9 Å². The minimum Gasteiger partial charge on any atom is -0.422 e. The largest absolute Gasteiger partial charge is 0.422 e. The third-order valence-electron chi connectivity index (χ3n) is 3.86. The van der Waals surface area contributed by atoms with Crippen LogP contribution in [-0.4, -0.2) is 45.0 Å². The Hall–Kier alpha value is -1.16. The summed E-state index contributed by atoms with van der Waals surface area (Å²) >= 11 is 15.2. The van der Waals surface area contributed by atoms with Gasteiger partial charge in [0.2, 0.25) is 10.0 Å². The molecule has 6 nitrogen and oxygen atoms in total. The number of nitrogens with zero attached hydrogens (tertiary/aromatic N) is 1. The van der Waals surface area contributed by atoms with E-state index in [1.165, 1.54) is 28.6 Å². The molecule has 1 saturated heterocycles. The van der Waals surface area contributed by atoms with E-state index in [1.54, 1.807) is 12.1 Å². The zero-order valence-corrected chi connectivity index (χ0v) is 17.7.